The number of nitrogens with zero attached hydrogens (tertiary/aromatic N) is 1. The van der Waals surface area contributed by atoms with Crippen molar-refractivity contribution in [3.8, 4) is 12.3 Å². The van der Waals surface area contributed by atoms with Crippen molar-refractivity contribution in [3.63, 3.8) is 0 Å². The largest absolute Gasteiger partial charge is 0.342 e. The third-order valence-corrected chi connectivity index (χ3v) is 3.60. The summed E-state index contributed by atoms with van der Waals surface area (Å²) >= 11 is 0. The highest BCUT2D eigenvalue weighted by Crippen LogP contribution is 2.22. The molecule has 3 unspecified atom stereocenters. The van der Waals surface area contributed by atoms with Crippen LogP contribution in [0.4, 0.5) is 0 Å². The van der Waals surface area contributed by atoms with Crippen molar-refractivity contribution in [2.24, 2.45) is 5.92 Å². The lowest BCUT2D eigenvalue weighted by atomic mass is 9.94. The summed E-state index contributed by atoms with van der Waals surface area (Å²) in [7, 11) is 0. The normalized spacial score (nSPS) is 25.2. The second kappa shape index (κ2) is 6.60. The maximum atomic E-state index is 12.6. The van der Waals surface area contributed by atoms with Crippen LogP contribution < -0.4 is 5.32 Å². The van der Waals surface area contributed by atoms with Crippen LogP contribution in [0, 0.1) is 18.3 Å². The van der Waals surface area contributed by atoms with Crippen molar-refractivity contribution < 1.29 is 9.59 Å². The molecule has 0 radical (unpaired) electrons. The second-order valence-electron chi connectivity index (χ2n) is 5.37. The average Bonchev–Trinajstić information content (AvgIpc) is 2.37. The highest BCUT2D eigenvalue weighted by Gasteiger charge is 2.43. The zero-order valence-electron chi connectivity index (χ0n) is 12.3. The minimum Gasteiger partial charge on any atom is -0.342 e. The zero-order valence-corrected chi connectivity index (χ0v) is 12.3. The fourth-order valence-corrected chi connectivity index (χ4v) is 2.53. The molecule has 4 heteroatoms. The maximum Gasteiger partial charge on any atom is 0.247 e. The van der Waals surface area contributed by atoms with Gasteiger partial charge in [0.05, 0.1) is 6.04 Å². The number of hydrogen-bond donors (Lipinski definition) is 1. The van der Waals surface area contributed by atoms with Crippen molar-refractivity contribution in [1.29, 1.82) is 0 Å². The molecule has 1 N–H and O–H groups in total. The Bertz CT molecular complexity index is 384. The third-order valence-electron chi connectivity index (χ3n) is 3.60. The number of terminal acetylenes is 1. The van der Waals surface area contributed by atoms with Gasteiger partial charge in [0.1, 0.15) is 12.1 Å². The summed E-state index contributed by atoms with van der Waals surface area (Å²) in [5, 5.41) is 2.82. The average molecular weight is 264 g/mol. The molecule has 0 aromatic rings. The van der Waals surface area contributed by atoms with Gasteiger partial charge in [-0.25, -0.2) is 0 Å². The van der Waals surface area contributed by atoms with E-state index in [1.165, 1.54) is 0 Å². The van der Waals surface area contributed by atoms with E-state index in [1.807, 2.05) is 27.7 Å². The molecule has 4 nitrogen and oxygen atoms in total. The molecule has 0 aromatic heterocycles. The molecule has 1 saturated heterocycles. The Hall–Kier alpha value is -1.50. The van der Waals surface area contributed by atoms with Gasteiger partial charge in [-0.1, -0.05) is 40.0 Å². The van der Waals surface area contributed by atoms with Gasteiger partial charge < -0.3 is 10.2 Å². The first-order valence-corrected chi connectivity index (χ1v) is 7.06. The quantitative estimate of drug-likeness (QED) is 0.766. The van der Waals surface area contributed by atoms with Gasteiger partial charge in [-0.15, -0.1) is 6.42 Å². The minimum absolute atomic E-state index is 0.0437. The van der Waals surface area contributed by atoms with Gasteiger partial charge in [0, 0.05) is 0 Å². The summed E-state index contributed by atoms with van der Waals surface area (Å²) in [4.78, 5) is 26.4. The molecule has 1 fully saturated rings. The van der Waals surface area contributed by atoms with E-state index in [9.17, 15) is 9.59 Å². The molecule has 0 spiro atoms. The van der Waals surface area contributed by atoms with Crippen molar-refractivity contribution >= 4 is 11.8 Å². The summed E-state index contributed by atoms with van der Waals surface area (Å²) in [6.07, 6.45) is 7.77. The van der Waals surface area contributed by atoms with E-state index < -0.39 is 12.1 Å². The lowest BCUT2D eigenvalue weighted by molar-refractivity contribution is -0.152. The standard InChI is InChI=1S/C15H24N2O2/c1-6-9-11(7-2)17-12(8-3)14(18)16-13(10(4)5)15(17)19/h2,10-13H,6,8-9H2,1,3-5H3,(H,16,18). The molecule has 0 saturated carbocycles. The second-order valence-corrected chi connectivity index (χ2v) is 5.37. The van der Waals surface area contributed by atoms with Crippen LogP contribution in [0.25, 0.3) is 0 Å². The molecule has 19 heavy (non-hydrogen) atoms. The van der Waals surface area contributed by atoms with Crippen molar-refractivity contribution in [2.75, 3.05) is 0 Å². The number of carbonyl (C=O) groups is 2. The van der Waals surface area contributed by atoms with Gasteiger partial charge in [0.25, 0.3) is 0 Å². The predicted molar refractivity (Wildman–Crippen MR) is 75.2 cm³/mol. The van der Waals surface area contributed by atoms with Crippen LogP contribution in [-0.2, 0) is 9.59 Å². The highest BCUT2D eigenvalue weighted by molar-refractivity contribution is 5.97. The number of nitrogens with one attached hydrogen (secondary N) is 1. The molecule has 1 aliphatic rings. The molecule has 0 aromatic carbocycles. The Balaban J connectivity index is 3.08. The number of hydrogen-bond acceptors (Lipinski definition) is 2. The number of carbonyl (C=O) groups excluding carboxylic acids is 2. The molecule has 0 aliphatic carbocycles. The molecule has 1 aliphatic heterocycles. The highest BCUT2D eigenvalue weighted by atomic mass is 16.2. The minimum atomic E-state index is -0.456. The van der Waals surface area contributed by atoms with Crippen LogP contribution in [-0.4, -0.2) is 34.8 Å². The van der Waals surface area contributed by atoms with E-state index in [1.54, 1.807) is 4.90 Å². The Morgan fingerprint density at radius 1 is 1.37 bits per heavy atom. The molecule has 106 valence electrons. The Morgan fingerprint density at radius 3 is 2.42 bits per heavy atom. The first kappa shape index (κ1) is 15.6. The number of piperazine rings is 1. The molecular formula is C15H24N2O2. The lowest BCUT2D eigenvalue weighted by Gasteiger charge is -2.42. The van der Waals surface area contributed by atoms with Gasteiger partial charge in [-0.2, -0.15) is 0 Å². The summed E-state index contributed by atoms with van der Waals surface area (Å²) in [5.41, 5.74) is 0. The number of amides is 2. The fraction of sp³-hybridized carbons (Fsp3) is 0.733. The van der Waals surface area contributed by atoms with E-state index >= 15 is 0 Å². The van der Waals surface area contributed by atoms with Crippen LogP contribution in [0.5, 0.6) is 0 Å². The van der Waals surface area contributed by atoms with Gasteiger partial charge in [-0.05, 0) is 18.8 Å². The molecule has 2 amide bonds. The molecule has 1 rings (SSSR count). The Labute approximate surface area is 115 Å². The molecule has 0 bridgehead atoms. The monoisotopic (exact) mass is 264 g/mol. The summed E-state index contributed by atoms with van der Waals surface area (Å²) < 4.78 is 0. The fourth-order valence-electron chi connectivity index (χ4n) is 2.53. The topological polar surface area (TPSA) is 49.4 Å². The zero-order chi connectivity index (χ0) is 14.6. The SMILES string of the molecule is C#CC(CCC)N1C(=O)C(C(C)C)NC(=O)C1CC. The molecule has 3 atom stereocenters. The van der Waals surface area contributed by atoms with E-state index in [-0.39, 0.29) is 23.8 Å². The van der Waals surface area contributed by atoms with E-state index in [0.717, 1.165) is 12.8 Å². The summed E-state index contributed by atoms with van der Waals surface area (Å²) in [6, 6.07) is -1.17. The van der Waals surface area contributed by atoms with E-state index in [2.05, 4.69) is 11.2 Å². The predicted octanol–water partition coefficient (Wildman–Crippen LogP) is 1.55. The van der Waals surface area contributed by atoms with E-state index in [0.29, 0.717) is 6.42 Å². The van der Waals surface area contributed by atoms with Crippen LogP contribution in [0.2, 0.25) is 0 Å². The lowest BCUT2D eigenvalue weighted by Crippen LogP contribution is -2.66. The van der Waals surface area contributed by atoms with Gasteiger partial charge >= 0.3 is 0 Å². The van der Waals surface area contributed by atoms with Crippen LogP contribution in [0.1, 0.15) is 47.0 Å². The Morgan fingerprint density at radius 2 is 2.00 bits per heavy atom. The smallest absolute Gasteiger partial charge is 0.247 e. The van der Waals surface area contributed by atoms with E-state index in [4.69, 9.17) is 6.42 Å². The third kappa shape index (κ3) is 3.09. The summed E-state index contributed by atoms with van der Waals surface area (Å²) in [6.45, 7) is 7.79. The van der Waals surface area contributed by atoms with Crippen molar-refractivity contribution in [2.45, 2.75) is 65.1 Å². The van der Waals surface area contributed by atoms with Gasteiger partial charge in [0.15, 0.2) is 0 Å². The summed E-state index contributed by atoms with van der Waals surface area (Å²) in [5.74, 6) is 2.61. The van der Waals surface area contributed by atoms with Crippen LogP contribution >= 0.6 is 0 Å². The van der Waals surface area contributed by atoms with Crippen molar-refractivity contribution in [3.05, 3.63) is 0 Å². The molecular weight excluding hydrogens is 240 g/mol. The molecule has 1 heterocycles. The first-order chi connectivity index (χ1) is 8.97. The van der Waals surface area contributed by atoms with Crippen LogP contribution in [0.15, 0.2) is 0 Å². The van der Waals surface area contributed by atoms with Crippen molar-refractivity contribution in [1.82, 2.24) is 10.2 Å². The maximum absolute atomic E-state index is 12.6. The van der Waals surface area contributed by atoms with Gasteiger partial charge in [-0.3, -0.25) is 9.59 Å². The Kier molecular flexibility index (Phi) is 5.41. The number of rotatable bonds is 5. The first-order valence-electron chi connectivity index (χ1n) is 7.06. The van der Waals surface area contributed by atoms with Gasteiger partial charge in [0.2, 0.25) is 11.8 Å². The van der Waals surface area contributed by atoms with Crippen LogP contribution in [0.3, 0.4) is 0 Å².